The molecule has 7 heteroatoms. The van der Waals surface area contributed by atoms with Crippen LogP contribution in [0.15, 0.2) is 77.9 Å². The number of carbonyl (C=O) groups excluding carboxylic acids is 1. The number of methoxy groups -OCH3 is 2. The lowest BCUT2D eigenvalue weighted by Gasteiger charge is -2.13. The number of amides is 1. The van der Waals surface area contributed by atoms with E-state index in [4.69, 9.17) is 9.47 Å². The number of benzene rings is 3. The second kappa shape index (κ2) is 10.6. The maximum atomic E-state index is 13.0. The van der Waals surface area contributed by atoms with Gasteiger partial charge in [-0.15, -0.1) is 0 Å². The van der Waals surface area contributed by atoms with E-state index in [1.165, 1.54) is 18.1 Å². The Morgan fingerprint density at radius 3 is 2.50 bits per heavy atom. The van der Waals surface area contributed by atoms with Crippen molar-refractivity contribution in [1.29, 1.82) is 0 Å². The zero-order valence-electron chi connectivity index (χ0n) is 19.5. The van der Waals surface area contributed by atoms with Crippen molar-refractivity contribution in [2.75, 3.05) is 26.1 Å². The minimum absolute atomic E-state index is 0.300. The van der Waals surface area contributed by atoms with Crippen LogP contribution in [0.2, 0.25) is 0 Å². The molecule has 4 rings (SSSR count). The van der Waals surface area contributed by atoms with Gasteiger partial charge >= 0.3 is 0 Å². The summed E-state index contributed by atoms with van der Waals surface area (Å²) >= 11 is 0. The molecule has 7 nitrogen and oxygen atoms in total. The Morgan fingerprint density at radius 1 is 0.971 bits per heavy atom. The minimum atomic E-state index is -0.300. The van der Waals surface area contributed by atoms with Crippen molar-refractivity contribution < 1.29 is 14.3 Å². The number of nitrogens with one attached hydrogen (secondary N) is 3. The van der Waals surface area contributed by atoms with E-state index in [1.54, 1.807) is 25.3 Å². The van der Waals surface area contributed by atoms with E-state index in [0.717, 1.165) is 23.2 Å². The number of aromatic amines is 1. The fourth-order valence-corrected chi connectivity index (χ4v) is 3.67. The molecule has 0 radical (unpaired) electrons. The number of hydrogen-bond donors (Lipinski definition) is 3. The Morgan fingerprint density at radius 2 is 1.74 bits per heavy atom. The van der Waals surface area contributed by atoms with Crippen LogP contribution in [-0.4, -0.2) is 37.6 Å². The van der Waals surface area contributed by atoms with Crippen LogP contribution in [0.5, 0.6) is 11.5 Å². The van der Waals surface area contributed by atoms with Crippen LogP contribution in [-0.2, 0) is 6.42 Å². The van der Waals surface area contributed by atoms with Gasteiger partial charge in [-0.1, -0.05) is 35.9 Å². The van der Waals surface area contributed by atoms with Crippen LogP contribution >= 0.6 is 0 Å². The Labute approximate surface area is 198 Å². The highest BCUT2D eigenvalue weighted by atomic mass is 16.5. The molecule has 0 atom stereocenters. The number of nitrogens with zero attached hydrogens (tertiary/aromatic N) is 1. The van der Waals surface area contributed by atoms with Crippen molar-refractivity contribution in [1.82, 2.24) is 10.3 Å². The predicted molar refractivity (Wildman–Crippen MR) is 136 cm³/mol. The SMILES string of the molecule is COc1ccc(C(=O)NC(=NCCc2c[nH]c3ccccc23)Nc2ccc(C)cc2)cc1OC. The molecule has 0 aliphatic heterocycles. The zero-order chi connectivity index (χ0) is 23.9. The lowest BCUT2D eigenvalue weighted by atomic mass is 10.1. The molecule has 4 aromatic rings. The first-order chi connectivity index (χ1) is 16.6. The monoisotopic (exact) mass is 456 g/mol. The molecule has 0 bridgehead atoms. The number of carbonyl (C=O) groups is 1. The number of para-hydroxylation sites is 1. The summed E-state index contributed by atoms with van der Waals surface area (Å²) in [5, 5.41) is 7.31. The molecule has 0 saturated carbocycles. The fourth-order valence-electron chi connectivity index (χ4n) is 3.67. The van der Waals surface area contributed by atoms with E-state index in [1.807, 2.05) is 49.5 Å². The van der Waals surface area contributed by atoms with Crippen molar-refractivity contribution in [3.05, 3.63) is 89.6 Å². The smallest absolute Gasteiger partial charge is 0.258 e. The molecule has 3 N–H and O–H groups in total. The van der Waals surface area contributed by atoms with Gasteiger partial charge in [0.25, 0.3) is 5.91 Å². The first-order valence-electron chi connectivity index (χ1n) is 11.0. The van der Waals surface area contributed by atoms with Gasteiger partial charge in [0.2, 0.25) is 5.96 Å². The third kappa shape index (κ3) is 5.38. The molecule has 1 aromatic heterocycles. The van der Waals surface area contributed by atoms with Gasteiger partial charge in [0.05, 0.1) is 14.2 Å². The number of H-pyrrole nitrogens is 1. The molecule has 0 aliphatic rings. The highest BCUT2D eigenvalue weighted by Crippen LogP contribution is 2.27. The van der Waals surface area contributed by atoms with E-state index in [0.29, 0.717) is 29.6 Å². The van der Waals surface area contributed by atoms with E-state index in [-0.39, 0.29) is 5.91 Å². The van der Waals surface area contributed by atoms with Crippen molar-refractivity contribution in [2.24, 2.45) is 4.99 Å². The highest BCUT2D eigenvalue weighted by molar-refractivity contribution is 6.10. The third-order valence-electron chi connectivity index (χ3n) is 5.52. The third-order valence-corrected chi connectivity index (χ3v) is 5.52. The normalized spacial score (nSPS) is 11.3. The lowest BCUT2D eigenvalue weighted by molar-refractivity contribution is 0.0976. The topological polar surface area (TPSA) is 87.7 Å². The molecule has 1 heterocycles. The summed E-state index contributed by atoms with van der Waals surface area (Å²) in [7, 11) is 3.09. The number of aromatic nitrogens is 1. The van der Waals surface area contributed by atoms with E-state index in [2.05, 4.69) is 32.7 Å². The van der Waals surface area contributed by atoms with Gasteiger partial charge in [0.15, 0.2) is 11.5 Å². The maximum absolute atomic E-state index is 13.0. The number of anilines is 1. The number of ether oxygens (including phenoxy) is 2. The molecule has 0 aliphatic carbocycles. The van der Waals surface area contributed by atoms with Crippen LogP contribution < -0.4 is 20.1 Å². The summed E-state index contributed by atoms with van der Waals surface area (Å²) in [4.78, 5) is 21.0. The standard InChI is InChI=1S/C27H28N4O3/c1-18-8-11-21(12-9-18)30-27(28-15-14-20-17-29-23-7-5-4-6-22(20)23)31-26(32)19-10-13-24(33-2)25(16-19)34-3/h4-13,16-17,29H,14-15H2,1-3H3,(H2,28,30,31,32). The average Bonchev–Trinajstić information content (AvgIpc) is 3.28. The summed E-state index contributed by atoms with van der Waals surface area (Å²) in [6.45, 7) is 2.53. The molecule has 34 heavy (non-hydrogen) atoms. The van der Waals surface area contributed by atoms with Crippen molar-refractivity contribution >= 4 is 28.5 Å². The molecule has 0 saturated heterocycles. The van der Waals surface area contributed by atoms with Crippen LogP contribution in [0.3, 0.4) is 0 Å². The van der Waals surface area contributed by atoms with Gasteiger partial charge in [0, 0.05) is 34.9 Å². The average molecular weight is 457 g/mol. The van der Waals surface area contributed by atoms with Crippen LogP contribution in [0.1, 0.15) is 21.5 Å². The summed E-state index contributed by atoms with van der Waals surface area (Å²) in [5.74, 6) is 1.12. The molecular weight excluding hydrogens is 428 g/mol. The lowest BCUT2D eigenvalue weighted by Crippen LogP contribution is -2.36. The van der Waals surface area contributed by atoms with Crippen LogP contribution in [0, 0.1) is 6.92 Å². The van der Waals surface area contributed by atoms with Gasteiger partial charge in [0.1, 0.15) is 0 Å². The summed E-state index contributed by atoms with van der Waals surface area (Å²) in [6.07, 6.45) is 2.74. The number of aliphatic imine (C=N–C) groups is 1. The molecule has 0 fully saturated rings. The second-order valence-electron chi connectivity index (χ2n) is 7.85. The van der Waals surface area contributed by atoms with E-state index < -0.39 is 0 Å². The van der Waals surface area contributed by atoms with Crippen LogP contribution in [0.25, 0.3) is 10.9 Å². The van der Waals surface area contributed by atoms with Gasteiger partial charge in [-0.25, -0.2) is 0 Å². The molecule has 174 valence electrons. The molecule has 0 spiro atoms. The summed E-state index contributed by atoms with van der Waals surface area (Å²) < 4.78 is 10.6. The first-order valence-corrected chi connectivity index (χ1v) is 11.0. The van der Waals surface area contributed by atoms with Crippen molar-refractivity contribution in [3.63, 3.8) is 0 Å². The molecular formula is C27H28N4O3. The molecule has 0 unspecified atom stereocenters. The quantitative estimate of drug-likeness (QED) is 0.272. The fraction of sp³-hybridized carbons (Fsp3) is 0.185. The second-order valence-corrected chi connectivity index (χ2v) is 7.85. The number of rotatable bonds is 7. The van der Waals surface area contributed by atoms with Gasteiger partial charge in [-0.3, -0.25) is 15.1 Å². The van der Waals surface area contributed by atoms with Gasteiger partial charge in [-0.2, -0.15) is 0 Å². The first kappa shape index (κ1) is 22.9. The summed E-state index contributed by atoms with van der Waals surface area (Å²) in [6, 6.07) is 21.1. The van der Waals surface area contributed by atoms with Gasteiger partial charge < -0.3 is 19.8 Å². The molecule has 3 aromatic carbocycles. The zero-order valence-corrected chi connectivity index (χ0v) is 19.5. The Bertz CT molecular complexity index is 1310. The van der Waals surface area contributed by atoms with Crippen molar-refractivity contribution in [2.45, 2.75) is 13.3 Å². The number of aryl methyl sites for hydroxylation is 1. The maximum Gasteiger partial charge on any atom is 0.258 e. The summed E-state index contributed by atoms with van der Waals surface area (Å²) in [5.41, 5.74) is 4.70. The number of hydrogen-bond acceptors (Lipinski definition) is 4. The Hall–Kier alpha value is -4.26. The largest absolute Gasteiger partial charge is 0.493 e. The Balaban J connectivity index is 1.53. The Kier molecular flexibility index (Phi) is 7.13. The number of guanidine groups is 1. The van der Waals surface area contributed by atoms with E-state index in [9.17, 15) is 4.79 Å². The highest BCUT2D eigenvalue weighted by Gasteiger charge is 2.13. The van der Waals surface area contributed by atoms with Crippen molar-refractivity contribution in [3.8, 4) is 11.5 Å². The molecule has 1 amide bonds. The predicted octanol–water partition coefficient (Wildman–Crippen LogP) is 4.93. The van der Waals surface area contributed by atoms with Crippen LogP contribution in [0.4, 0.5) is 5.69 Å². The van der Waals surface area contributed by atoms with Gasteiger partial charge in [-0.05, 0) is 55.3 Å². The van der Waals surface area contributed by atoms with E-state index >= 15 is 0 Å². The number of fused-ring (bicyclic) bond motifs is 1. The minimum Gasteiger partial charge on any atom is -0.493 e.